The van der Waals surface area contributed by atoms with E-state index in [1.54, 1.807) is 11.3 Å². The summed E-state index contributed by atoms with van der Waals surface area (Å²) in [5.41, 5.74) is 9.19. The topological polar surface area (TPSA) is 59.2 Å². The molecule has 1 aliphatic rings. The van der Waals surface area contributed by atoms with Crippen molar-refractivity contribution in [3.8, 4) is 10.6 Å². The molecular weight excluding hydrogens is 389 g/mol. The molecule has 0 saturated carbocycles. The van der Waals surface area contributed by atoms with Crippen molar-refractivity contribution in [2.75, 3.05) is 13.1 Å². The monoisotopic (exact) mass is 415 g/mol. The number of nitrogens with two attached hydrogens (primary N) is 1. The van der Waals surface area contributed by atoms with Crippen LogP contribution in [0.15, 0.2) is 29.6 Å². The van der Waals surface area contributed by atoms with Gasteiger partial charge in [0.2, 0.25) is 5.91 Å². The average molecular weight is 416 g/mol. The standard InChI is InChI=1S/C19H25N3OS.2ClH/c1-13-3-5-16(6-4-13)19-21-17(12-24-19)11-18(23)22-9-7-15(8-10-22)14(2)20;;/h3-6,12,14-15H,7-11,20H2,1-2H3;2*1H. The fraction of sp³-hybridized carbons (Fsp3) is 0.474. The average Bonchev–Trinajstić information content (AvgIpc) is 3.04. The molecule has 1 aromatic heterocycles. The maximum Gasteiger partial charge on any atom is 0.228 e. The van der Waals surface area contributed by atoms with Gasteiger partial charge in [0.15, 0.2) is 0 Å². The van der Waals surface area contributed by atoms with Gasteiger partial charge in [0.25, 0.3) is 0 Å². The van der Waals surface area contributed by atoms with Crippen molar-refractivity contribution in [1.29, 1.82) is 0 Å². The summed E-state index contributed by atoms with van der Waals surface area (Å²) in [5, 5.41) is 2.98. The lowest BCUT2D eigenvalue weighted by Crippen LogP contribution is -2.43. The normalized spacial score (nSPS) is 15.7. The minimum atomic E-state index is 0. The quantitative estimate of drug-likeness (QED) is 0.817. The highest BCUT2D eigenvalue weighted by molar-refractivity contribution is 7.13. The first-order valence-electron chi connectivity index (χ1n) is 8.57. The van der Waals surface area contributed by atoms with Crippen LogP contribution >= 0.6 is 36.2 Å². The minimum absolute atomic E-state index is 0. The Hall–Kier alpha value is -1.14. The molecule has 0 bridgehead atoms. The lowest BCUT2D eigenvalue weighted by atomic mass is 9.91. The van der Waals surface area contributed by atoms with Crippen LogP contribution in [0.2, 0.25) is 0 Å². The zero-order chi connectivity index (χ0) is 17.1. The van der Waals surface area contributed by atoms with Gasteiger partial charge in [-0.2, -0.15) is 0 Å². The first-order valence-corrected chi connectivity index (χ1v) is 9.45. The number of rotatable bonds is 4. The Labute approximate surface area is 172 Å². The second-order valence-electron chi connectivity index (χ2n) is 6.76. The molecule has 26 heavy (non-hydrogen) atoms. The van der Waals surface area contributed by atoms with Crippen LogP contribution in [0.5, 0.6) is 0 Å². The summed E-state index contributed by atoms with van der Waals surface area (Å²) in [6.45, 7) is 5.77. The first kappa shape index (κ1) is 22.9. The number of aromatic nitrogens is 1. The molecule has 1 aromatic carbocycles. The number of likely N-dealkylation sites (tertiary alicyclic amines) is 1. The molecule has 1 fully saturated rings. The number of halogens is 2. The predicted molar refractivity (Wildman–Crippen MR) is 113 cm³/mol. The largest absolute Gasteiger partial charge is 0.342 e. The molecule has 0 radical (unpaired) electrons. The first-order chi connectivity index (χ1) is 11.5. The number of thiazole rings is 1. The van der Waals surface area contributed by atoms with Crippen molar-refractivity contribution in [3.05, 3.63) is 40.9 Å². The van der Waals surface area contributed by atoms with E-state index in [4.69, 9.17) is 5.73 Å². The zero-order valence-corrected chi connectivity index (χ0v) is 17.6. The van der Waals surface area contributed by atoms with E-state index in [-0.39, 0.29) is 36.8 Å². The smallest absolute Gasteiger partial charge is 0.228 e. The summed E-state index contributed by atoms with van der Waals surface area (Å²) < 4.78 is 0. The van der Waals surface area contributed by atoms with Gasteiger partial charge < -0.3 is 10.6 Å². The molecule has 1 amide bonds. The van der Waals surface area contributed by atoms with Gasteiger partial charge in [-0.1, -0.05) is 29.8 Å². The number of piperidine rings is 1. The molecule has 2 N–H and O–H groups in total. The number of carbonyl (C=O) groups is 1. The fourth-order valence-electron chi connectivity index (χ4n) is 3.16. The van der Waals surface area contributed by atoms with E-state index in [2.05, 4.69) is 43.1 Å². The van der Waals surface area contributed by atoms with Crippen LogP contribution in [0.1, 0.15) is 31.0 Å². The van der Waals surface area contributed by atoms with E-state index in [1.165, 1.54) is 5.56 Å². The Kier molecular flexibility index (Phi) is 9.04. The highest BCUT2D eigenvalue weighted by atomic mass is 35.5. The summed E-state index contributed by atoms with van der Waals surface area (Å²) in [7, 11) is 0. The van der Waals surface area contributed by atoms with E-state index in [0.29, 0.717) is 12.3 Å². The number of amides is 1. The summed E-state index contributed by atoms with van der Waals surface area (Å²) >= 11 is 1.60. The minimum Gasteiger partial charge on any atom is -0.342 e. The van der Waals surface area contributed by atoms with Crippen LogP contribution < -0.4 is 5.73 Å². The predicted octanol–water partition coefficient (Wildman–Crippen LogP) is 4.09. The van der Waals surface area contributed by atoms with Crippen LogP contribution in [0.3, 0.4) is 0 Å². The van der Waals surface area contributed by atoms with Gasteiger partial charge >= 0.3 is 0 Å². The molecule has 7 heteroatoms. The Bertz CT molecular complexity index is 695. The molecule has 1 atom stereocenters. The van der Waals surface area contributed by atoms with E-state index in [9.17, 15) is 4.79 Å². The third-order valence-corrected chi connectivity index (χ3v) is 5.76. The maximum absolute atomic E-state index is 12.5. The molecule has 3 rings (SSSR count). The van der Waals surface area contributed by atoms with E-state index in [1.807, 2.05) is 10.3 Å². The van der Waals surface area contributed by atoms with Crippen molar-refractivity contribution in [2.45, 2.75) is 39.2 Å². The molecule has 0 aliphatic carbocycles. The molecule has 144 valence electrons. The molecule has 4 nitrogen and oxygen atoms in total. The number of carbonyl (C=O) groups excluding carboxylic acids is 1. The lowest BCUT2D eigenvalue weighted by molar-refractivity contribution is -0.132. The van der Waals surface area contributed by atoms with Crippen LogP contribution in [-0.2, 0) is 11.2 Å². The van der Waals surface area contributed by atoms with Crippen molar-refractivity contribution < 1.29 is 4.79 Å². The van der Waals surface area contributed by atoms with Crippen molar-refractivity contribution >= 4 is 42.1 Å². The van der Waals surface area contributed by atoms with Gasteiger partial charge in [0.05, 0.1) is 12.1 Å². The molecular formula is C19H27Cl2N3OS. The van der Waals surface area contributed by atoms with Gasteiger partial charge in [-0.25, -0.2) is 4.98 Å². The van der Waals surface area contributed by atoms with Gasteiger partial charge in [-0.05, 0) is 32.6 Å². The highest BCUT2D eigenvalue weighted by Crippen LogP contribution is 2.25. The summed E-state index contributed by atoms with van der Waals surface area (Å²) in [5.74, 6) is 0.723. The molecule has 0 spiro atoms. The zero-order valence-electron chi connectivity index (χ0n) is 15.2. The van der Waals surface area contributed by atoms with E-state index >= 15 is 0 Å². The fourth-order valence-corrected chi connectivity index (χ4v) is 3.98. The third kappa shape index (κ3) is 5.68. The molecule has 2 heterocycles. The van der Waals surface area contributed by atoms with Crippen molar-refractivity contribution in [2.24, 2.45) is 11.7 Å². The van der Waals surface area contributed by atoms with Gasteiger partial charge in [-0.15, -0.1) is 36.2 Å². The van der Waals surface area contributed by atoms with Gasteiger partial charge in [0.1, 0.15) is 5.01 Å². The highest BCUT2D eigenvalue weighted by Gasteiger charge is 2.25. The van der Waals surface area contributed by atoms with Gasteiger partial charge in [-0.3, -0.25) is 4.79 Å². The van der Waals surface area contributed by atoms with E-state index in [0.717, 1.165) is 42.2 Å². The summed E-state index contributed by atoms with van der Waals surface area (Å²) in [6, 6.07) is 8.56. The number of aryl methyl sites for hydroxylation is 1. The van der Waals surface area contributed by atoms with Crippen molar-refractivity contribution in [3.63, 3.8) is 0 Å². The second kappa shape index (κ2) is 10.3. The third-order valence-electron chi connectivity index (χ3n) is 4.82. The van der Waals surface area contributed by atoms with Crippen LogP contribution in [-0.4, -0.2) is 34.9 Å². The summed E-state index contributed by atoms with van der Waals surface area (Å²) in [4.78, 5) is 19.1. The number of hydrogen-bond acceptors (Lipinski definition) is 4. The van der Waals surface area contributed by atoms with Crippen LogP contribution in [0.4, 0.5) is 0 Å². The Morgan fingerprint density at radius 2 is 1.88 bits per heavy atom. The lowest BCUT2D eigenvalue weighted by Gasteiger charge is -2.33. The van der Waals surface area contributed by atoms with Crippen LogP contribution in [0.25, 0.3) is 10.6 Å². The Balaban J connectivity index is 0.00000169. The SMILES string of the molecule is Cc1ccc(-c2nc(CC(=O)N3CCC(C(C)N)CC3)cs2)cc1.Cl.Cl. The molecule has 1 saturated heterocycles. The maximum atomic E-state index is 12.5. The molecule has 1 unspecified atom stereocenters. The number of nitrogens with zero attached hydrogens (tertiary/aromatic N) is 2. The molecule has 1 aliphatic heterocycles. The van der Waals surface area contributed by atoms with Gasteiger partial charge in [0, 0.05) is 30.1 Å². The van der Waals surface area contributed by atoms with Crippen LogP contribution in [0, 0.1) is 12.8 Å². The number of benzene rings is 1. The Morgan fingerprint density at radius 3 is 2.46 bits per heavy atom. The van der Waals surface area contributed by atoms with Crippen molar-refractivity contribution in [1.82, 2.24) is 9.88 Å². The summed E-state index contributed by atoms with van der Waals surface area (Å²) in [6.07, 6.45) is 2.41. The molecule has 2 aromatic rings. The second-order valence-corrected chi connectivity index (χ2v) is 7.62. The van der Waals surface area contributed by atoms with E-state index < -0.39 is 0 Å². The number of hydrogen-bond donors (Lipinski definition) is 1. The Morgan fingerprint density at radius 1 is 1.27 bits per heavy atom.